The number of nitrogens with zero attached hydrogens (tertiary/aromatic N) is 1. The molecule has 0 aromatic carbocycles. The van der Waals surface area contributed by atoms with Crippen molar-refractivity contribution in [1.82, 2.24) is 0 Å². The van der Waals surface area contributed by atoms with Crippen LogP contribution in [0.1, 0.15) is 66.2 Å². The summed E-state index contributed by atoms with van der Waals surface area (Å²) in [5, 5.41) is 20.6. The Labute approximate surface area is 106 Å². The van der Waals surface area contributed by atoms with E-state index in [4.69, 9.17) is 0 Å². The smallest absolute Gasteiger partial charge is 0.0860 e. The third-order valence-corrected chi connectivity index (χ3v) is 4.05. The molecular formula is C15H27NO. The lowest BCUT2D eigenvalue weighted by Crippen LogP contribution is -2.48. The molecule has 0 unspecified atom stereocenters. The SMILES string of the molecule is CC(C)CC(O)(CC(C)C)C1(C#N)CCCC1. The number of hydrogen-bond donors (Lipinski definition) is 1. The molecule has 0 saturated heterocycles. The molecule has 0 bridgehead atoms. The lowest BCUT2D eigenvalue weighted by molar-refractivity contribution is -0.0829. The van der Waals surface area contributed by atoms with Crippen molar-refractivity contribution >= 4 is 0 Å². The van der Waals surface area contributed by atoms with Crippen LogP contribution in [0.4, 0.5) is 0 Å². The number of aliphatic hydroxyl groups is 1. The Morgan fingerprint density at radius 2 is 1.53 bits per heavy atom. The van der Waals surface area contributed by atoms with Gasteiger partial charge in [-0.3, -0.25) is 0 Å². The molecule has 1 saturated carbocycles. The van der Waals surface area contributed by atoms with Crippen molar-refractivity contribution in [1.29, 1.82) is 5.26 Å². The number of nitriles is 1. The Morgan fingerprint density at radius 3 is 1.82 bits per heavy atom. The minimum Gasteiger partial charge on any atom is -0.388 e. The highest BCUT2D eigenvalue weighted by molar-refractivity contribution is 5.13. The third kappa shape index (κ3) is 3.01. The van der Waals surface area contributed by atoms with E-state index in [1.54, 1.807) is 0 Å². The summed E-state index contributed by atoms with van der Waals surface area (Å²) in [6.07, 6.45) is 5.43. The topological polar surface area (TPSA) is 44.0 Å². The lowest BCUT2D eigenvalue weighted by atomic mass is 9.65. The fourth-order valence-electron chi connectivity index (χ4n) is 3.48. The van der Waals surface area contributed by atoms with Crippen LogP contribution in [-0.4, -0.2) is 10.7 Å². The van der Waals surface area contributed by atoms with Crippen molar-refractivity contribution in [2.75, 3.05) is 0 Å². The van der Waals surface area contributed by atoms with E-state index in [2.05, 4.69) is 33.8 Å². The minimum absolute atomic E-state index is 0.435. The van der Waals surface area contributed by atoms with E-state index in [-0.39, 0.29) is 0 Å². The maximum atomic E-state index is 11.1. The average Bonchev–Trinajstić information content (AvgIpc) is 2.64. The second-order valence-electron chi connectivity index (χ2n) is 6.63. The summed E-state index contributed by atoms with van der Waals surface area (Å²) in [5.41, 5.74) is -1.28. The summed E-state index contributed by atoms with van der Waals surface area (Å²) in [7, 11) is 0. The van der Waals surface area contributed by atoms with E-state index >= 15 is 0 Å². The van der Waals surface area contributed by atoms with Crippen LogP contribution in [0.15, 0.2) is 0 Å². The van der Waals surface area contributed by atoms with Crippen LogP contribution in [0.2, 0.25) is 0 Å². The van der Waals surface area contributed by atoms with Gasteiger partial charge < -0.3 is 5.11 Å². The van der Waals surface area contributed by atoms with E-state index < -0.39 is 11.0 Å². The van der Waals surface area contributed by atoms with Crippen LogP contribution < -0.4 is 0 Å². The van der Waals surface area contributed by atoms with Crippen molar-refractivity contribution in [3.05, 3.63) is 0 Å². The van der Waals surface area contributed by atoms with Gasteiger partial charge in [-0.15, -0.1) is 0 Å². The maximum absolute atomic E-state index is 11.1. The van der Waals surface area contributed by atoms with E-state index in [0.717, 1.165) is 38.5 Å². The largest absolute Gasteiger partial charge is 0.388 e. The molecule has 0 amide bonds. The maximum Gasteiger partial charge on any atom is 0.0860 e. The Bertz CT molecular complexity index is 272. The van der Waals surface area contributed by atoms with Crippen LogP contribution in [0.3, 0.4) is 0 Å². The zero-order valence-electron chi connectivity index (χ0n) is 11.8. The summed E-state index contributed by atoms with van der Waals surface area (Å²) in [6, 6.07) is 2.48. The minimum atomic E-state index is -0.791. The van der Waals surface area contributed by atoms with Gasteiger partial charge in [0, 0.05) is 0 Å². The van der Waals surface area contributed by atoms with Gasteiger partial charge in [-0.25, -0.2) is 0 Å². The molecule has 1 aliphatic carbocycles. The lowest BCUT2D eigenvalue weighted by Gasteiger charge is -2.43. The summed E-state index contributed by atoms with van der Waals surface area (Å²) >= 11 is 0. The van der Waals surface area contributed by atoms with E-state index in [0.29, 0.717) is 11.8 Å². The molecule has 1 aliphatic rings. The van der Waals surface area contributed by atoms with Crippen molar-refractivity contribution in [2.24, 2.45) is 17.3 Å². The van der Waals surface area contributed by atoms with Gasteiger partial charge >= 0.3 is 0 Å². The van der Waals surface area contributed by atoms with Crippen LogP contribution in [0, 0.1) is 28.6 Å². The van der Waals surface area contributed by atoms with Crippen LogP contribution in [0.25, 0.3) is 0 Å². The molecule has 0 spiro atoms. The van der Waals surface area contributed by atoms with Gasteiger partial charge in [0.15, 0.2) is 0 Å². The number of hydrogen-bond acceptors (Lipinski definition) is 2. The highest BCUT2D eigenvalue weighted by Crippen LogP contribution is 2.51. The molecule has 2 nitrogen and oxygen atoms in total. The van der Waals surface area contributed by atoms with Gasteiger partial charge in [-0.05, 0) is 37.5 Å². The molecule has 17 heavy (non-hydrogen) atoms. The predicted octanol–water partition coefficient (Wildman–Crippen LogP) is 3.89. The first kappa shape index (κ1) is 14.5. The molecule has 2 heteroatoms. The van der Waals surface area contributed by atoms with Gasteiger partial charge in [0.2, 0.25) is 0 Å². The monoisotopic (exact) mass is 237 g/mol. The average molecular weight is 237 g/mol. The fraction of sp³-hybridized carbons (Fsp3) is 0.933. The standard InChI is InChI=1S/C15H27NO/c1-12(2)9-15(17,10-13(3)4)14(11-16)7-5-6-8-14/h12-13,17H,5-10H2,1-4H3. The quantitative estimate of drug-likeness (QED) is 0.788. The molecule has 0 atom stereocenters. The van der Waals surface area contributed by atoms with E-state index in [9.17, 15) is 10.4 Å². The zero-order valence-corrected chi connectivity index (χ0v) is 11.8. The Balaban J connectivity index is 2.99. The molecule has 0 aliphatic heterocycles. The van der Waals surface area contributed by atoms with Gasteiger partial charge in [-0.1, -0.05) is 40.5 Å². The Morgan fingerprint density at radius 1 is 1.12 bits per heavy atom. The third-order valence-electron chi connectivity index (χ3n) is 4.05. The highest BCUT2D eigenvalue weighted by Gasteiger charge is 2.52. The predicted molar refractivity (Wildman–Crippen MR) is 70.4 cm³/mol. The molecule has 0 heterocycles. The van der Waals surface area contributed by atoms with E-state index in [1.165, 1.54) is 0 Å². The first-order valence-corrected chi connectivity index (χ1v) is 6.99. The number of rotatable bonds is 5. The van der Waals surface area contributed by atoms with Gasteiger partial charge in [0.1, 0.15) is 0 Å². The van der Waals surface area contributed by atoms with Crippen molar-refractivity contribution in [2.45, 2.75) is 71.8 Å². The van der Waals surface area contributed by atoms with Crippen molar-refractivity contribution in [3.63, 3.8) is 0 Å². The van der Waals surface area contributed by atoms with Crippen molar-refractivity contribution in [3.8, 4) is 6.07 Å². The van der Waals surface area contributed by atoms with E-state index in [1.807, 2.05) is 0 Å². The summed E-state index contributed by atoms with van der Waals surface area (Å²) in [4.78, 5) is 0. The van der Waals surface area contributed by atoms with Gasteiger partial charge in [0.05, 0.1) is 17.1 Å². The second kappa shape index (κ2) is 5.40. The highest BCUT2D eigenvalue weighted by atomic mass is 16.3. The fourth-order valence-corrected chi connectivity index (χ4v) is 3.48. The molecule has 98 valence electrons. The molecule has 0 radical (unpaired) electrons. The molecule has 1 fully saturated rings. The van der Waals surface area contributed by atoms with Crippen molar-refractivity contribution < 1.29 is 5.11 Å². The Kier molecular flexibility index (Phi) is 4.61. The zero-order chi connectivity index (χ0) is 13.1. The summed E-state index contributed by atoms with van der Waals surface area (Å²) in [5.74, 6) is 0.870. The van der Waals surface area contributed by atoms with Gasteiger partial charge in [0.25, 0.3) is 0 Å². The molecule has 0 aromatic heterocycles. The normalized spacial score (nSPS) is 19.9. The second-order valence-corrected chi connectivity index (χ2v) is 6.63. The Hall–Kier alpha value is -0.550. The van der Waals surface area contributed by atoms with Crippen LogP contribution in [-0.2, 0) is 0 Å². The first-order valence-electron chi connectivity index (χ1n) is 6.99. The first-order chi connectivity index (χ1) is 7.85. The molecule has 1 rings (SSSR count). The molecule has 0 aromatic rings. The molecule has 1 N–H and O–H groups in total. The van der Waals surface area contributed by atoms with Crippen LogP contribution >= 0.6 is 0 Å². The summed E-state index contributed by atoms with van der Waals surface area (Å²) < 4.78 is 0. The van der Waals surface area contributed by atoms with Crippen LogP contribution in [0.5, 0.6) is 0 Å². The van der Waals surface area contributed by atoms with Gasteiger partial charge in [-0.2, -0.15) is 5.26 Å². The summed E-state index contributed by atoms with van der Waals surface area (Å²) in [6.45, 7) is 8.52. The molecular weight excluding hydrogens is 210 g/mol.